The van der Waals surface area contributed by atoms with E-state index in [-0.39, 0.29) is 47.2 Å². The van der Waals surface area contributed by atoms with Gasteiger partial charge < -0.3 is 20.3 Å². The monoisotopic (exact) mass is 746 g/mol. The van der Waals surface area contributed by atoms with Crippen LogP contribution in [0.3, 0.4) is 0 Å². The largest absolute Gasteiger partial charge is 0.442 e. The second-order valence-corrected chi connectivity index (χ2v) is 14.5. The van der Waals surface area contributed by atoms with Crippen molar-refractivity contribution in [3.05, 3.63) is 105 Å². The molecular formula is C31H26ClF3N8O5S2. The number of ether oxygens (including phenoxy) is 1. The number of nitrogens with zero attached hydrogens (tertiary/aromatic N) is 5. The van der Waals surface area contributed by atoms with Crippen LogP contribution in [-0.4, -0.2) is 77.7 Å². The summed E-state index contributed by atoms with van der Waals surface area (Å²) >= 11 is 7.81. The van der Waals surface area contributed by atoms with Gasteiger partial charge >= 0.3 is 12.6 Å². The summed E-state index contributed by atoms with van der Waals surface area (Å²) in [5.74, 6) is -0.748. The molecule has 0 aliphatic carbocycles. The SMILES string of the molecule is O=C1NC[C@H](CNC(=O)c2cccc(S(=O)(=O)N[C@H]3CC4=C(c5ccn(C(F)F)n5)[C@H](c5ccc(F)cc5Cl)N=C(c5nccs5)N4C3)c2)O1. The van der Waals surface area contributed by atoms with E-state index in [0.29, 0.717) is 32.4 Å². The topological polar surface area (TPSA) is 160 Å². The summed E-state index contributed by atoms with van der Waals surface area (Å²) in [4.78, 5) is 35.1. The number of amidine groups is 1. The van der Waals surface area contributed by atoms with Crippen molar-refractivity contribution in [2.45, 2.75) is 36.1 Å². The number of carbonyl (C=O) groups excluding carboxylic acids is 2. The molecule has 13 nitrogen and oxygen atoms in total. The van der Waals surface area contributed by atoms with Crippen LogP contribution in [0.1, 0.15) is 45.6 Å². The van der Waals surface area contributed by atoms with Gasteiger partial charge in [-0.1, -0.05) is 23.7 Å². The number of alkyl carbamates (subject to hydrolysis) is 1. The second-order valence-electron chi connectivity index (χ2n) is 11.5. The Hall–Kier alpha value is -4.78. The van der Waals surface area contributed by atoms with Gasteiger partial charge in [-0.2, -0.15) is 13.9 Å². The number of carbonyl (C=O) groups is 2. The highest BCUT2D eigenvalue weighted by atomic mass is 35.5. The van der Waals surface area contributed by atoms with Gasteiger partial charge in [0, 0.05) is 64.2 Å². The van der Waals surface area contributed by atoms with Crippen molar-refractivity contribution >= 4 is 56.4 Å². The van der Waals surface area contributed by atoms with Crippen LogP contribution >= 0.6 is 22.9 Å². The standard InChI is InChI=1S/C31H26ClF3N8O5S2/c32-22-11-17(33)4-5-21(22)26-25(23-6-8-43(40-23)30(34)35)24-12-18(15-42(24)27(39-26)29-36-7-9-49-29)41-50(46,47)20-3-1-2-16(10-20)28(44)37-13-19-14-38-31(45)48-19/h1-11,18-19,26,30,41H,12-15H2,(H,37,44)(H,38,45)/t18-,19-,26-/m0/s1. The van der Waals surface area contributed by atoms with Crippen LogP contribution in [0.15, 0.2) is 81.9 Å². The number of alkyl halides is 2. The molecule has 0 saturated carbocycles. The summed E-state index contributed by atoms with van der Waals surface area (Å²) < 4.78 is 77.1. The third-order valence-corrected chi connectivity index (χ3v) is 10.8. The maximum Gasteiger partial charge on any atom is 0.407 e. The Morgan fingerprint density at radius 2 is 2.04 bits per heavy atom. The number of hydrogen-bond donors (Lipinski definition) is 3. The first-order valence-electron chi connectivity index (χ1n) is 15.1. The van der Waals surface area contributed by atoms with Crippen LogP contribution in [0.4, 0.5) is 18.0 Å². The Bertz CT molecular complexity index is 2140. The number of halogens is 4. The van der Waals surface area contributed by atoms with E-state index in [0.717, 1.165) is 12.3 Å². The van der Waals surface area contributed by atoms with E-state index >= 15 is 0 Å². The molecule has 5 heterocycles. The fraction of sp³-hybridized carbons (Fsp3) is 0.258. The summed E-state index contributed by atoms with van der Waals surface area (Å²) in [7, 11) is -4.21. The molecule has 19 heteroatoms. The summed E-state index contributed by atoms with van der Waals surface area (Å²) in [6.45, 7) is -2.57. The number of aromatic nitrogens is 3. The highest BCUT2D eigenvalue weighted by Gasteiger charge is 2.42. The molecule has 3 aliphatic rings. The molecule has 2 amide bonds. The van der Waals surface area contributed by atoms with Crippen molar-refractivity contribution in [3.63, 3.8) is 0 Å². The highest BCUT2D eigenvalue weighted by molar-refractivity contribution is 7.89. The van der Waals surface area contributed by atoms with Crippen LogP contribution in [0.2, 0.25) is 5.02 Å². The van der Waals surface area contributed by atoms with Crippen LogP contribution in [0, 0.1) is 5.82 Å². The quantitative estimate of drug-likeness (QED) is 0.216. The number of amides is 2. The first-order valence-corrected chi connectivity index (χ1v) is 17.8. The molecule has 3 N–H and O–H groups in total. The van der Waals surface area contributed by atoms with Crippen LogP contribution in [0.25, 0.3) is 5.57 Å². The molecule has 2 saturated heterocycles. The van der Waals surface area contributed by atoms with E-state index in [1.165, 1.54) is 53.8 Å². The zero-order chi connectivity index (χ0) is 35.2. The van der Waals surface area contributed by atoms with Gasteiger partial charge in [-0.3, -0.25) is 9.79 Å². The maximum atomic E-state index is 14.1. The summed E-state index contributed by atoms with van der Waals surface area (Å²) in [6.07, 6.45) is 1.65. The fourth-order valence-corrected chi connectivity index (χ4v) is 8.16. The Kier molecular flexibility index (Phi) is 9.10. The Labute approximate surface area is 291 Å². The third-order valence-electron chi connectivity index (χ3n) is 8.19. The smallest absolute Gasteiger partial charge is 0.407 e. The minimum Gasteiger partial charge on any atom is -0.442 e. The molecular weight excluding hydrogens is 721 g/mol. The number of cyclic esters (lactones) is 1. The first-order chi connectivity index (χ1) is 24.0. The average Bonchev–Trinajstić information content (AvgIpc) is 3.91. The molecule has 3 atom stereocenters. The zero-order valence-electron chi connectivity index (χ0n) is 25.6. The number of rotatable bonds is 10. The molecule has 0 bridgehead atoms. The van der Waals surface area contributed by atoms with Gasteiger partial charge in [0.05, 0.1) is 23.7 Å². The van der Waals surface area contributed by atoms with Crippen molar-refractivity contribution in [1.29, 1.82) is 0 Å². The lowest BCUT2D eigenvalue weighted by Gasteiger charge is -2.32. The molecule has 0 unspecified atom stereocenters. The molecule has 2 aromatic heterocycles. The van der Waals surface area contributed by atoms with Crippen molar-refractivity contribution in [3.8, 4) is 0 Å². The van der Waals surface area contributed by atoms with Gasteiger partial charge in [0.15, 0.2) is 10.8 Å². The molecule has 7 rings (SSSR count). The average molecular weight is 747 g/mol. The molecule has 0 radical (unpaired) electrons. The fourth-order valence-electron chi connectivity index (χ4n) is 5.98. The molecule has 3 aliphatic heterocycles. The Morgan fingerprint density at radius 3 is 2.74 bits per heavy atom. The van der Waals surface area contributed by atoms with E-state index in [4.69, 9.17) is 21.3 Å². The number of aliphatic imine (C=N–C) groups is 1. The molecule has 2 aromatic carbocycles. The van der Waals surface area contributed by atoms with E-state index in [1.807, 2.05) is 0 Å². The van der Waals surface area contributed by atoms with E-state index in [1.54, 1.807) is 16.5 Å². The predicted molar refractivity (Wildman–Crippen MR) is 176 cm³/mol. The second kappa shape index (κ2) is 13.5. The molecule has 2 fully saturated rings. The number of nitrogens with one attached hydrogen (secondary N) is 3. The van der Waals surface area contributed by atoms with Gasteiger partial charge in [-0.25, -0.2) is 32.0 Å². The van der Waals surface area contributed by atoms with E-state index in [9.17, 15) is 31.2 Å². The molecule has 50 heavy (non-hydrogen) atoms. The van der Waals surface area contributed by atoms with Gasteiger partial charge in [-0.15, -0.1) is 11.3 Å². The van der Waals surface area contributed by atoms with Gasteiger partial charge in [0.1, 0.15) is 18.0 Å². The third kappa shape index (κ3) is 6.70. The summed E-state index contributed by atoms with van der Waals surface area (Å²) in [5, 5.41) is 11.5. The van der Waals surface area contributed by atoms with Crippen molar-refractivity contribution in [2.75, 3.05) is 19.6 Å². The van der Waals surface area contributed by atoms with Crippen LogP contribution in [-0.2, 0) is 14.8 Å². The number of hydrogen-bond acceptors (Lipinski definition) is 10. The number of thiazole rings is 1. The minimum atomic E-state index is -4.21. The first kappa shape index (κ1) is 33.7. The van der Waals surface area contributed by atoms with Crippen molar-refractivity contribution in [2.24, 2.45) is 4.99 Å². The Balaban J connectivity index is 1.22. The number of fused-ring (bicyclic) bond motifs is 1. The predicted octanol–water partition coefficient (Wildman–Crippen LogP) is 4.33. The van der Waals surface area contributed by atoms with E-state index < -0.39 is 52.6 Å². The summed E-state index contributed by atoms with van der Waals surface area (Å²) in [5.41, 5.74) is 1.55. The summed E-state index contributed by atoms with van der Waals surface area (Å²) in [6, 6.07) is 8.99. The lowest BCUT2D eigenvalue weighted by Crippen LogP contribution is -2.39. The lowest BCUT2D eigenvalue weighted by atomic mass is 9.92. The lowest BCUT2D eigenvalue weighted by molar-refractivity contribution is 0.0564. The normalized spacial score (nSPS) is 20.5. The molecule has 4 aromatic rings. The van der Waals surface area contributed by atoms with Crippen LogP contribution in [0.5, 0.6) is 0 Å². The van der Waals surface area contributed by atoms with Gasteiger partial charge in [0.25, 0.3) is 5.91 Å². The number of benzene rings is 2. The molecule has 260 valence electrons. The van der Waals surface area contributed by atoms with Gasteiger partial charge in [0.2, 0.25) is 10.0 Å². The molecule has 0 spiro atoms. The minimum absolute atomic E-state index is 0.0326. The van der Waals surface area contributed by atoms with Crippen LogP contribution < -0.4 is 15.4 Å². The maximum absolute atomic E-state index is 14.1. The Morgan fingerprint density at radius 1 is 1.20 bits per heavy atom. The van der Waals surface area contributed by atoms with Gasteiger partial charge in [-0.05, 0) is 36.4 Å². The zero-order valence-corrected chi connectivity index (χ0v) is 28.0. The number of sulfonamides is 1. The van der Waals surface area contributed by atoms with Crippen molar-refractivity contribution in [1.82, 2.24) is 35.0 Å². The highest BCUT2D eigenvalue weighted by Crippen LogP contribution is 2.46. The van der Waals surface area contributed by atoms with E-state index in [2.05, 4.69) is 25.4 Å². The van der Waals surface area contributed by atoms with Crippen molar-refractivity contribution < 1.29 is 35.9 Å².